The molecule has 2 aromatic rings. The Morgan fingerprint density at radius 1 is 1.16 bits per heavy atom. The molecule has 0 saturated carbocycles. The molecule has 25 heavy (non-hydrogen) atoms. The molecule has 1 fully saturated rings. The molecule has 1 atom stereocenters. The lowest BCUT2D eigenvalue weighted by atomic mass is 10.0. The second kappa shape index (κ2) is 8.12. The number of nitrogens with zero attached hydrogens (tertiary/aromatic N) is 3. The molecule has 3 rings (SSSR count). The summed E-state index contributed by atoms with van der Waals surface area (Å²) in [6.07, 6.45) is 0. The van der Waals surface area contributed by atoms with Crippen LogP contribution in [0.25, 0.3) is 0 Å². The summed E-state index contributed by atoms with van der Waals surface area (Å²) in [6.45, 7) is 8.02. The molecule has 0 aliphatic carbocycles. The van der Waals surface area contributed by atoms with Gasteiger partial charge in [0.05, 0.1) is 0 Å². The standard InChI is InChI=1S/C20H26N4O/c1-3-23(4-2)20(25)17-11-8-12-19(22-17)24-14-13-21-18(15-24)16-9-6-5-7-10-16/h5-12,18,21H,3-4,13-15H2,1-2H3/t18-/m1/s1. The highest BCUT2D eigenvalue weighted by Crippen LogP contribution is 2.21. The fourth-order valence-electron chi connectivity index (χ4n) is 3.26. The number of carbonyl (C=O) groups is 1. The molecule has 132 valence electrons. The Balaban J connectivity index is 1.77. The minimum atomic E-state index is 0.00148. The Bertz CT molecular complexity index is 700. The molecule has 1 aromatic heterocycles. The Labute approximate surface area is 149 Å². The van der Waals surface area contributed by atoms with Gasteiger partial charge in [-0.25, -0.2) is 4.98 Å². The maximum atomic E-state index is 12.6. The van der Waals surface area contributed by atoms with Crippen molar-refractivity contribution in [2.24, 2.45) is 0 Å². The summed E-state index contributed by atoms with van der Waals surface area (Å²) in [5.74, 6) is 0.877. The number of benzene rings is 1. The van der Waals surface area contributed by atoms with Crippen molar-refractivity contribution in [3.63, 3.8) is 0 Å². The number of piperazine rings is 1. The third-order valence-corrected chi connectivity index (χ3v) is 4.71. The highest BCUT2D eigenvalue weighted by molar-refractivity contribution is 5.92. The summed E-state index contributed by atoms with van der Waals surface area (Å²) in [5, 5.41) is 3.56. The van der Waals surface area contributed by atoms with Crippen molar-refractivity contribution < 1.29 is 4.79 Å². The van der Waals surface area contributed by atoms with Crippen LogP contribution in [0.4, 0.5) is 5.82 Å². The minimum Gasteiger partial charge on any atom is -0.353 e. The van der Waals surface area contributed by atoms with Crippen LogP contribution in [0.2, 0.25) is 0 Å². The van der Waals surface area contributed by atoms with Crippen molar-refractivity contribution in [2.75, 3.05) is 37.6 Å². The Hall–Kier alpha value is -2.40. The molecule has 0 bridgehead atoms. The molecule has 0 spiro atoms. The fourth-order valence-corrected chi connectivity index (χ4v) is 3.26. The average molecular weight is 338 g/mol. The van der Waals surface area contributed by atoms with Crippen LogP contribution in [0.1, 0.15) is 35.9 Å². The van der Waals surface area contributed by atoms with Crippen molar-refractivity contribution in [3.05, 3.63) is 59.8 Å². The molecule has 0 radical (unpaired) electrons. The minimum absolute atomic E-state index is 0.00148. The van der Waals surface area contributed by atoms with Crippen LogP contribution in [0, 0.1) is 0 Å². The third kappa shape index (κ3) is 3.99. The van der Waals surface area contributed by atoms with Crippen LogP contribution in [-0.4, -0.2) is 48.5 Å². The van der Waals surface area contributed by atoms with Crippen molar-refractivity contribution in [1.82, 2.24) is 15.2 Å². The van der Waals surface area contributed by atoms with Gasteiger partial charge in [-0.3, -0.25) is 4.79 Å². The lowest BCUT2D eigenvalue weighted by molar-refractivity contribution is 0.0767. The molecule has 1 aromatic carbocycles. The van der Waals surface area contributed by atoms with E-state index in [1.54, 1.807) is 11.0 Å². The first-order valence-corrected chi connectivity index (χ1v) is 9.02. The summed E-state index contributed by atoms with van der Waals surface area (Å²) in [6, 6.07) is 16.5. The van der Waals surface area contributed by atoms with E-state index in [9.17, 15) is 4.79 Å². The maximum Gasteiger partial charge on any atom is 0.272 e. The highest BCUT2D eigenvalue weighted by atomic mass is 16.2. The normalized spacial score (nSPS) is 17.4. The molecule has 5 nitrogen and oxygen atoms in total. The largest absolute Gasteiger partial charge is 0.353 e. The molecule has 1 aliphatic heterocycles. The SMILES string of the molecule is CCN(CC)C(=O)c1cccc(N2CCN[C@@H](c3ccccc3)C2)n1. The molecule has 5 heteroatoms. The average Bonchev–Trinajstić information content (AvgIpc) is 2.70. The summed E-state index contributed by atoms with van der Waals surface area (Å²) in [5.41, 5.74) is 1.80. The van der Waals surface area contributed by atoms with Gasteiger partial charge in [0.25, 0.3) is 5.91 Å². The van der Waals surface area contributed by atoms with E-state index in [2.05, 4.69) is 39.5 Å². The Morgan fingerprint density at radius 3 is 2.64 bits per heavy atom. The summed E-state index contributed by atoms with van der Waals surface area (Å²) in [7, 11) is 0. The Kier molecular flexibility index (Phi) is 5.66. The molecule has 2 heterocycles. The number of hydrogen-bond donors (Lipinski definition) is 1. The molecule has 1 saturated heterocycles. The van der Waals surface area contributed by atoms with Gasteiger partial charge >= 0.3 is 0 Å². The van der Waals surface area contributed by atoms with Crippen molar-refractivity contribution in [1.29, 1.82) is 0 Å². The van der Waals surface area contributed by atoms with E-state index < -0.39 is 0 Å². The zero-order valence-corrected chi connectivity index (χ0v) is 15.0. The van der Waals surface area contributed by atoms with Gasteiger partial charge in [0.2, 0.25) is 0 Å². The number of anilines is 1. The third-order valence-electron chi connectivity index (χ3n) is 4.71. The second-order valence-electron chi connectivity index (χ2n) is 6.22. The van der Waals surface area contributed by atoms with Gasteiger partial charge in [-0.1, -0.05) is 36.4 Å². The van der Waals surface area contributed by atoms with E-state index in [0.717, 1.165) is 25.5 Å². The zero-order valence-electron chi connectivity index (χ0n) is 15.0. The van der Waals surface area contributed by atoms with E-state index in [0.29, 0.717) is 18.8 Å². The van der Waals surface area contributed by atoms with Gasteiger partial charge in [0.15, 0.2) is 0 Å². The quantitative estimate of drug-likeness (QED) is 0.911. The number of rotatable bonds is 5. The topological polar surface area (TPSA) is 48.5 Å². The maximum absolute atomic E-state index is 12.6. The number of hydrogen-bond acceptors (Lipinski definition) is 4. The first-order valence-electron chi connectivity index (χ1n) is 9.02. The fraction of sp³-hybridized carbons (Fsp3) is 0.400. The van der Waals surface area contributed by atoms with E-state index >= 15 is 0 Å². The number of pyridine rings is 1. The number of amides is 1. The van der Waals surface area contributed by atoms with Gasteiger partial charge in [-0.15, -0.1) is 0 Å². The molecule has 1 N–H and O–H groups in total. The first kappa shape index (κ1) is 17.4. The number of carbonyl (C=O) groups excluding carboxylic acids is 1. The number of aromatic nitrogens is 1. The van der Waals surface area contributed by atoms with Crippen molar-refractivity contribution >= 4 is 11.7 Å². The van der Waals surface area contributed by atoms with Crippen LogP contribution in [0.15, 0.2) is 48.5 Å². The van der Waals surface area contributed by atoms with Gasteiger partial charge in [0.1, 0.15) is 11.5 Å². The summed E-state index contributed by atoms with van der Waals surface area (Å²) < 4.78 is 0. The van der Waals surface area contributed by atoms with Gasteiger partial charge in [-0.05, 0) is 31.5 Å². The van der Waals surface area contributed by atoms with Crippen LogP contribution in [0.3, 0.4) is 0 Å². The number of nitrogens with one attached hydrogen (secondary N) is 1. The van der Waals surface area contributed by atoms with Crippen LogP contribution in [0.5, 0.6) is 0 Å². The van der Waals surface area contributed by atoms with Crippen LogP contribution >= 0.6 is 0 Å². The van der Waals surface area contributed by atoms with Crippen molar-refractivity contribution in [2.45, 2.75) is 19.9 Å². The predicted octanol–water partition coefficient (Wildman–Crippen LogP) is 2.71. The molecule has 1 amide bonds. The smallest absolute Gasteiger partial charge is 0.272 e. The van der Waals surface area contributed by atoms with Crippen molar-refractivity contribution in [3.8, 4) is 0 Å². The van der Waals surface area contributed by atoms with E-state index in [4.69, 9.17) is 0 Å². The summed E-state index contributed by atoms with van der Waals surface area (Å²) >= 11 is 0. The molecular weight excluding hydrogens is 312 g/mol. The van der Waals surface area contributed by atoms with Crippen LogP contribution < -0.4 is 10.2 Å². The van der Waals surface area contributed by atoms with E-state index in [-0.39, 0.29) is 11.9 Å². The molecular formula is C20H26N4O. The predicted molar refractivity (Wildman–Crippen MR) is 101 cm³/mol. The van der Waals surface area contributed by atoms with E-state index in [1.165, 1.54) is 5.56 Å². The first-order chi connectivity index (χ1) is 12.2. The Morgan fingerprint density at radius 2 is 1.92 bits per heavy atom. The van der Waals surface area contributed by atoms with Gasteiger partial charge in [-0.2, -0.15) is 0 Å². The second-order valence-corrected chi connectivity index (χ2v) is 6.22. The highest BCUT2D eigenvalue weighted by Gasteiger charge is 2.22. The lowest BCUT2D eigenvalue weighted by Crippen LogP contribution is -2.46. The monoisotopic (exact) mass is 338 g/mol. The van der Waals surface area contributed by atoms with Gasteiger partial charge < -0.3 is 15.1 Å². The summed E-state index contributed by atoms with van der Waals surface area (Å²) in [4.78, 5) is 21.3. The molecule has 0 unspecified atom stereocenters. The van der Waals surface area contributed by atoms with E-state index in [1.807, 2.05) is 32.0 Å². The van der Waals surface area contributed by atoms with Crippen LogP contribution in [-0.2, 0) is 0 Å². The molecule has 1 aliphatic rings. The lowest BCUT2D eigenvalue weighted by Gasteiger charge is -2.35. The zero-order chi connectivity index (χ0) is 17.6. The van der Waals surface area contributed by atoms with Gasteiger partial charge in [0, 0.05) is 38.8 Å².